The molecular formula is C19H21BrN2O3. The van der Waals surface area contributed by atoms with Crippen LogP contribution in [0.5, 0.6) is 5.75 Å². The Morgan fingerprint density at radius 1 is 1.12 bits per heavy atom. The molecule has 0 unspecified atom stereocenters. The van der Waals surface area contributed by atoms with E-state index in [0.717, 1.165) is 10.2 Å². The summed E-state index contributed by atoms with van der Waals surface area (Å²) in [6, 6.07) is 14.5. The quantitative estimate of drug-likeness (QED) is 0.710. The first-order chi connectivity index (χ1) is 12.0. The van der Waals surface area contributed by atoms with Crippen LogP contribution in [0.4, 0.5) is 5.69 Å². The van der Waals surface area contributed by atoms with Crippen LogP contribution in [-0.4, -0.2) is 37.4 Å². The molecule has 2 rings (SSSR count). The molecule has 1 N–H and O–H groups in total. The molecule has 0 fully saturated rings. The fraction of sp³-hybridized carbons (Fsp3) is 0.263. The summed E-state index contributed by atoms with van der Waals surface area (Å²) in [6.45, 7) is 0.472. The maximum absolute atomic E-state index is 12.0. The van der Waals surface area contributed by atoms with Crippen molar-refractivity contribution < 1.29 is 14.3 Å². The lowest BCUT2D eigenvalue weighted by Crippen LogP contribution is -2.21. The molecule has 132 valence electrons. The first-order valence-electron chi connectivity index (χ1n) is 7.95. The lowest BCUT2D eigenvalue weighted by atomic mass is 10.2. The Hall–Kier alpha value is -2.34. The zero-order chi connectivity index (χ0) is 18.2. The molecule has 0 atom stereocenters. The summed E-state index contributed by atoms with van der Waals surface area (Å²) in [5.41, 5.74) is 1.26. The highest BCUT2D eigenvalue weighted by molar-refractivity contribution is 9.10. The Balaban J connectivity index is 1.74. The minimum atomic E-state index is -0.0791. The molecule has 2 amide bonds. The average Bonchev–Trinajstić information content (AvgIpc) is 2.59. The van der Waals surface area contributed by atoms with Crippen LogP contribution in [0, 0.1) is 0 Å². The molecule has 2 aromatic carbocycles. The van der Waals surface area contributed by atoms with Crippen molar-refractivity contribution in [1.29, 1.82) is 0 Å². The highest BCUT2D eigenvalue weighted by atomic mass is 79.9. The van der Waals surface area contributed by atoms with Crippen molar-refractivity contribution in [2.24, 2.45) is 0 Å². The van der Waals surface area contributed by atoms with Gasteiger partial charge in [0.05, 0.1) is 6.61 Å². The Labute approximate surface area is 156 Å². The summed E-state index contributed by atoms with van der Waals surface area (Å²) in [5, 5.41) is 2.82. The van der Waals surface area contributed by atoms with E-state index >= 15 is 0 Å². The average molecular weight is 405 g/mol. The number of ether oxygens (including phenoxy) is 1. The monoisotopic (exact) mass is 404 g/mol. The normalized spacial score (nSPS) is 10.2. The van der Waals surface area contributed by atoms with E-state index in [1.165, 1.54) is 4.90 Å². The van der Waals surface area contributed by atoms with Gasteiger partial charge in [-0.05, 0) is 48.9 Å². The zero-order valence-electron chi connectivity index (χ0n) is 14.3. The Kier molecular flexibility index (Phi) is 7.01. The van der Waals surface area contributed by atoms with Gasteiger partial charge in [0, 0.05) is 36.2 Å². The smallest absolute Gasteiger partial charge is 0.253 e. The largest absolute Gasteiger partial charge is 0.494 e. The van der Waals surface area contributed by atoms with E-state index in [9.17, 15) is 9.59 Å². The summed E-state index contributed by atoms with van der Waals surface area (Å²) < 4.78 is 6.56. The standard InChI is InChI=1S/C19H21BrN2O3/c1-22(2)19(24)14-8-10-16(11-9-14)21-18(23)7-4-12-25-17-6-3-5-15(20)13-17/h3,5-6,8-11,13H,4,7,12H2,1-2H3,(H,21,23). The molecule has 5 nitrogen and oxygen atoms in total. The van der Waals surface area contributed by atoms with E-state index in [0.29, 0.717) is 30.7 Å². The zero-order valence-corrected chi connectivity index (χ0v) is 15.9. The Morgan fingerprint density at radius 2 is 1.84 bits per heavy atom. The summed E-state index contributed by atoms with van der Waals surface area (Å²) in [4.78, 5) is 25.3. The van der Waals surface area contributed by atoms with Crippen molar-refractivity contribution in [3.05, 3.63) is 58.6 Å². The van der Waals surface area contributed by atoms with Crippen LogP contribution < -0.4 is 10.1 Å². The molecule has 25 heavy (non-hydrogen) atoms. The maximum atomic E-state index is 12.0. The molecule has 0 saturated heterocycles. The molecule has 6 heteroatoms. The maximum Gasteiger partial charge on any atom is 0.253 e. The van der Waals surface area contributed by atoms with Crippen molar-refractivity contribution in [2.45, 2.75) is 12.8 Å². The van der Waals surface area contributed by atoms with E-state index in [-0.39, 0.29) is 11.8 Å². The molecule has 0 radical (unpaired) electrons. The number of carbonyl (C=O) groups excluding carboxylic acids is 2. The third-order valence-corrected chi connectivity index (χ3v) is 3.93. The van der Waals surface area contributed by atoms with E-state index in [4.69, 9.17) is 4.74 Å². The van der Waals surface area contributed by atoms with Gasteiger partial charge in [-0.1, -0.05) is 22.0 Å². The van der Waals surface area contributed by atoms with Gasteiger partial charge in [-0.25, -0.2) is 0 Å². The van der Waals surface area contributed by atoms with Gasteiger partial charge < -0.3 is 15.0 Å². The number of benzene rings is 2. The van der Waals surface area contributed by atoms with Crippen molar-refractivity contribution in [3.63, 3.8) is 0 Å². The molecule has 0 saturated carbocycles. The highest BCUT2D eigenvalue weighted by Gasteiger charge is 2.08. The molecular weight excluding hydrogens is 384 g/mol. The van der Waals surface area contributed by atoms with E-state index < -0.39 is 0 Å². The summed E-state index contributed by atoms with van der Waals surface area (Å²) >= 11 is 3.39. The van der Waals surface area contributed by atoms with Crippen LogP contribution >= 0.6 is 15.9 Å². The van der Waals surface area contributed by atoms with Gasteiger partial charge in [-0.15, -0.1) is 0 Å². The third kappa shape index (κ3) is 6.23. The van der Waals surface area contributed by atoms with Crippen LogP contribution in [0.1, 0.15) is 23.2 Å². The SMILES string of the molecule is CN(C)C(=O)c1ccc(NC(=O)CCCOc2cccc(Br)c2)cc1. The Bertz CT molecular complexity index is 730. The number of amides is 2. The van der Waals surface area contributed by atoms with Crippen LogP contribution in [0.15, 0.2) is 53.0 Å². The first-order valence-corrected chi connectivity index (χ1v) is 8.75. The molecule has 2 aromatic rings. The second-order valence-electron chi connectivity index (χ2n) is 5.73. The number of rotatable bonds is 7. The van der Waals surface area contributed by atoms with Crippen LogP contribution in [-0.2, 0) is 4.79 Å². The molecule has 0 aliphatic rings. The number of halogens is 1. The first kappa shape index (κ1) is 19.0. The van der Waals surface area contributed by atoms with Crippen molar-refractivity contribution in [1.82, 2.24) is 4.90 Å². The van der Waals surface area contributed by atoms with Gasteiger partial charge in [-0.2, -0.15) is 0 Å². The van der Waals surface area contributed by atoms with Gasteiger partial charge >= 0.3 is 0 Å². The van der Waals surface area contributed by atoms with E-state index in [1.54, 1.807) is 38.4 Å². The van der Waals surface area contributed by atoms with Gasteiger partial charge in [0.1, 0.15) is 5.75 Å². The fourth-order valence-corrected chi connectivity index (χ4v) is 2.54. The van der Waals surface area contributed by atoms with Crippen LogP contribution in [0.2, 0.25) is 0 Å². The van der Waals surface area contributed by atoms with E-state index in [2.05, 4.69) is 21.2 Å². The van der Waals surface area contributed by atoms with Crippen molar-refractivity contribution in [2.75, 3.05) is 26.0 Å². The number of carbonyl (C=O) groups is 2. The minimum Gasteiger partial charge on any atom is -0.494 e. The van der Waals surface area contributed by atoms with Crippen molar-refractivity contribution in [3.8, 4) is 5.75 Å². The predicted octanol–water partition coefficient (Wildman–Crippen LogP) is 3.95. The molecule has 0 aliphatic heterocycles. The number of anilines is 1. The van der Waals surface area contributed by atoms with Crippen LogP contribution in [0.25, 0.3) is 0 Å². The Morgan fingerprint density at radius 3 is 2.48 bits per heavy atom. The van der Waals surface area contributed by atoms with E-state index in [1.807, 2.05) is 24.3 Å². The third-order valence-electron chi connectivity index (χ3n) is 3.43. The molecule has 0 heterocycles. The van der Waals surface area contributed by atoms with Gasteiger partial charge in [0.25, 0.3) is 5.91 Å². The molecule has 0 spiro atoms. The summed E-state index contributed by atoms with van der Waals surface area (Å²) in [7, 11) is 3.41. The summed E-state index contributed by atoms with van der Waals surface area (Å²) in [5.74, 6) is 0.628. The predicted molar refractivity (Wildman–Crippen MR) is 102 cm³/mol. The summed E-state index contributed by atoms with van der Waals surface area (Å²) in [6.07, 6.45) is 0.988. The fourth-order valence-electron chi connectivity index (χ4n) is 2.16. The molecule has 0 bridgehead atoms. The second kappa shape index (κ2) is 9.22. The minimum absolute atomic E-state index is 0.0671. The number of nitrogens with zero attached hydrogens (tertiary/aromatic N) is 1. The molecule has 0 aromatic heterocycles. The van der Waals surface area contributed by atoms with Crippen molar-refractivity contribution >= 4 is 33.4 Å². The number of hydrogen-bond acceptors (Lipinski definition) is 3. The lowest BCUT2D eigenvalue weighted by Gasteiger charge is -2.11. The highest BCUT2D eigenvalue weighted by Crippen LogP contribution is 2.18. The number of nitrogens with one attached hydrogen (secondary N) is 1. The molecule has 0 aliphatic carbocycles. The van der Waals surface area contributed by atoms with Crippen LogP contribution in [0.3, 0.4) is 0 Å². The second-order valence-corrected chi connectivity index (χ2v) is 6.65. The number of hydrogen-bond donors (Lipinski definition) is 1. The van der Waals surface area contributed by atoms with Gasteiger partial charge in [0.2, 0.25) is 5.91 Å². The lowest BCUT2D eigenvalue weighted by molar-refractivity contribution is -0.116. The van der Waals surface area contributed by atoms with Gasteiger partial charge in [0.15, 0.2) is 0 Å². The topological polar surface area (TPSA) is 58.6 Å². The van der Waals surface area contributed by atoms with Gasteiger partial charge in [-0.3, -0.25) is 9.59 Å².